The topological polar surface area (TPSA) is 24.9 Å². The van der Waals surface area contributed by atoms with Gasteiger partial charge in [0.25, 0.3) is 0 Å². The number of hydrogen-bond acceptors (Lipinski definition) is 2. The number of hydrogen-bond donors (Lipinski definition) is 1. The molecular formula is C14H15FN2. The van der Waals surface area contributed by atoms with Crippen molar-refractivity contribution >= 4 is 5.82 Å². The summed E-state index contributed by atoms with van der Waals surface area (Å²) in [6, 6.07) is 13.1. The zero-order valence-electron chi connectivity index (χ0n) is 9.78. The molecule has 0 bridgehead atoms. The molecule has 0 radical (unpaired) electrons. The molecule has 17 heavy (non-hydrogen) atoms. The Morgan fingerprint density at radius 3 is 2.76 bits per heavy atom. The Hall–Kier alpha value is -1.90. The van der Waals surface area contributed by atoms with Gasteiger partial charge in [-0.3, -0.25) is 0 Å². The molecule has 0 atom stereocenters. The summed E-state index contributed by atoms with van der Waals surface area (Å²) in [4.78, 5) is 3.74. The van der Waals surface area contributed by atoms with Gasteiger partial charge in [-0.1, -0.05) is 35.9 Å². The molecular weight excluding hydrogens is 215 g/mol. The standard InChI is InChI=1S/C14H15FN2/c1-11-4-2-5-12(10-11)8-9-16-14-7-3-6-13(15)17-14/h2-7,10H,8-9H2,1H3,(H,16,17). The van der Waals surface area contributed by atoms with Crippen LogP contribution in [0.15, 0.2) is 42.5 Å². The quantitative estimate of drug-likeness (QED) is 0.816. The van der Waals surface area contributed by atoms with E-state index in [4.69, 9.17) is 0 Å². The number of nitrogens with zero attached hydrogens (tertiary/aromatic N) is 1. The number of anilines is 1. The van der Waals surface area contributed by atoms with E-state index in [0.717, 1.165) is 13.0 Å². The van der Waals surface area contributed by atoms with E-state index >= 15 is 0 Å². The summed E-state index contributed by atoms with van der Waals surface area (Å²) in [5, 5.41) is 3.10. The van der Waals surface area contributed by atoms with Gasteiger partial charge in [-0.25, -0.2) is 4.98 Å². The van der Waals surface area contributed by atoms with Crippen LogP contribution in [0.1, 0.15) is 11.1 Å². The van der Waals surface area contributed by atoms with Crippen LogP contribution in [0.3, 0.4) is 0 Å². The second-order valence-corrected chi connectivity index (χ2v) is 4.01. The predicted molar refractivity (Wildman–Crippen MR) is 67.6 cm³/mol. The first kappa shape index (κ1) is 11.6. The summed E-state index contributed by atoms with van der Waals surface area (Å²) in [5.41, 5.74) is 2.53. The minimum atomic E-state index is -0.453. The lowest BCUT2D eigenvalue weighted by Crippen LogP contribution is -2.06. The number of benzene rings is 1. The lowest BCUT2D eigenvalue weighted by molar-refractivity contribution is 0.585. The Labute approximate surface area is 101 Å². The average molecular weight is 230 g/mol. The highest BCUT2D eigenvalue weighted by molar-refractivity contribution is 5.34. The molecule has 2 aromatic rings. The lowest BCUT2D eigenvalue weighted by atomic mass is 10.1. The van der Waals surface area contributed by atoms with Crippen LogP contribution in [0.4, 0.5) is 10.2 Å². The molecule has 1 N–H and O–H groups in total. The Morgan fingerprint density at radius 2 is 2.00 bits per heavy atom. The summed E-state index contributed by atoms with van der Waals surface area (Å²) in [5.74, 6) is 0.128. The number of pyridine rings is 1. The Kier molecular flexibility index (Phi) is 3.70. The van der Waals surface area contributed by atoms with Crippen LogP contribution in [0.25, 0.3) is 0 Å². The molecule has 0 aliphatic carbocycles. The van der Waals surface area contributed by atoms with Gasteiger partial charge in [0.2, 0.25) is 5.95 Å². The van der Waals surface area contributed by atoms with E-state index in [0.29, 0.717) is 5.82 Å². The first-order valence-electron chi connectivity index (χ1n) is 5.66. The number of nitrogens with one attached hydrogen (secondary N) is 1. The number of halogens is 1. The van der Waals surface area contributed by atoms with Gasteiger partial charge in [0.05, 0.1) is 0 Å². The molecule has 0 fully saturated rings. The van der Waals surface area contributed by atoms with Gasteiger partial charge in [0.15, 0.2) is 0 Å². The molecule has 88 valence electrons. The molecule has 3 heteroatoms. The highest BCUT2D eigenvalue weighted by Gasteiger charge is 1.97. The fourth-order valence-corrected chi connectivity index (χ4v) is 1.71. The van der Waals surface area contributed by atoms with Crippen LogP contribution < -0.4 is 5.32 Å². The minimum absolute atomic E-state index is 0.453. The van der Waals surface area contributed by atoms with E-state index in [1.165, 1.54) is 17.2 Å². The summed E-state index contributed by atoms with van der Waals surface area (Å²) in [7, 11) is 0. The maximum absolute atomic E-state index is 12.8. The van der Waals surface area contributed by atoms with E-state index in [1.54, 1.807) is 12.1 Å². The predicted octanol–water partition coefficient (Wildman–Crippen LogP) is 3.18. The van der Waals surface area contributed by atoms with Gasteiger partial charge in [0, 0.05) is 6.54 Å². The first-order chi connectivity index (χ1) is 8.24. The van der Waals surface area contributed by atoms with E-state index in [2.05, 4.69) is 35.4 Å². The van der Waals surface area contributed by atoms with Gasteiger partial charge in [0.1, 0.15) is 5.82 Å². The minimum Gasteiger partial charge on any atom is -0.370 e. The molecule has 1 aromatic carbocycles. The van der Waals surface area contributed by atoms with Crippen molar-refractivity contribution < 1.29 is 4.39 Å². The number of aryl methyl sites for hydroxylation is 1. The maximum Gasteiger partial charge on any atom is 0.214 e. The summed E-state index contributed by atoms with van der Waals surface area (Å²) in [6.07, 6.45) is 0.903. The Balaban J connectivity index is 1.87. The zero-order chi connectivity index (χ0) is 12.1. The normalized spacial score (nSPS) is 10.2. The molecule has 0 spiro atoms. The zero-order valence-corrected chi connectivity index (χ0v) is 9.78. The smallest absolute Gasteiger partial charge is 0.214 e. The Bertz CT molecular complexity index is 452. The summed E-state index contributed by atoms with van der Waals surface area (Å²) < 4.78 is 12.8. The largest absolute Gasteiger partial charge is 0.370 e. The highest BCUT2D eigenvalue weighted by Crippen LogP contribution is 2.06. The first-order valence-corrected chi connectivity index (χ1v) is 5.66. The van der Waals surface area contributed by atoms with E-state index < -0.39 is 5.95 Å². The molecule has 1 aromatic heterocycles. The van der Waals surface area contributed by atoms with Crippen molar-refractivity contribution in [2.75, 3.05) is 11.9 Å². The van der Waals surface area contributed by atoms with Crippen LogP contribution in [0, 0.1) is 12.9 Å². The van der Waals surface area contributed by atoms with Crippen molar-refractivity contribution in [2.45, 2.75) is 13.3 Å². The van der Waals surface area contributed by atoms with Crippen LogP contribution >= 0.6 is 0 Å². The average Bonchev–Trinajstić information content (AvgIpc) is 2.29. The van der Waals surface area contributed by atoms with Gasteiger partial charge >= 0.3 is 0 Å². The van der Waals surface area contributed by atoms with Crippen LogP contribution in [-0.4, -0.2) is 11.5 Å². The molecule has 2 rings (SSSR count). The monoisotopic (exact) mass is 230 g/mol. The molecule has 0 amide bonds. The highest BCUT2D eigenvalue weighted by atomic mass is 19.1. The van der Waals surface area contributed by atoms with Crippen molar-refractivity contribution in [1.82, 2.24) is 4.98 Å². The molecule has 0 saturated carbocycles. The van der Waals surface area contributed by atoms with Gasteiger partial charge in [-0.05, 0) is 31.0 Å². The third-order valence-electron chi connectivity index (χ3n) is 2.52. The third-order valence-corrected chi connectivity index (χ3v) is 2.52. The van der Waals surface area contributed by atoms with Gasteiger partial charge in [-0.15, -0.1) is 0 Å². The fourth-order valence-electron chi connectivity index (χ4n) is 1.71. The molecule has 0 aliphatic rings. The van der Waals surface area contributed by atoms with E-state index in [-0.39, 0.29) is 0 Å². The second kappa shape index (κ2) is 5.43. The fraction of sp³-hybridized carbons (Fsp3) is 0.214. The van der Waals surface area contributed by atoms with Crippen molar-refractivity contribution in [2.24, 2.45) is 0 Å². The van der Waals surface area contributed by atoms with Gasteiger partial charge < -0.3 is 5.32 Å². The van der Waals surface area contributed by atoms with Crippen molar-refractivity contribution in [3.05, 3.63) is 59.5 Å². The molecule has 0 saturated heterocycles. The van der Waals surface area contributed by atoms with Crippen LogP contribution in [0.5, 0.6) is 0 Å². The van der Waals surface area contributed by atoms with Crippen LogP contribution in [-0.2, 0) is 6.42 Å². The maximum atomic E-state index is 12.8. The SMILES string of the molecule is Cc1cccc(CCNc2cccc(F)n2)c1. The van der Waals surface area contributed by atoms with Crippen molar-refractivity contribution in [3.63, 3.8) is 0 Å². The van der Waals surface area contributed by atoms with Crippen molar-refractivity contribution in [3.8, 4) is 0 Å². The molecule has 0 unspecified atom stereocenters. The summed E-state index contributed by atoms with van der Waals surface area (Å²) >= 11 is 0. The molecule has 0 aliphatic heterocycles. The third kappa shape index (κ3) is 3.55. The summed E-state index contributed by atoms with van der Waals surface area (Å²) in [6.45, 7) is 2.82. The second-order valence-electron chi connectivity index (χ2n) is 4.01. The Morgan fingerprint density at radius 1 is 1.18 bits per heavy atom. The molecule has 1 heterocycles. The number of rotatable bonds is 4. The lowest BCUT2D eigenvalue weighted by Gasteiger charge is -2.06. The van der Waals surface area contributed by atoms with E-state index in [1.807, 2.05) is 6.07 Å². The van der Waals surface area contributed by atoms with Gasteiger partial charge in [-0.2, -0.15) is 4.39 Å². The van der Waals surface area contributed by atoms with E-state index in [9.17, 15) is 4.39 Å². The number of aromatic nitrogens is 1. The van der Waals surface area contributed by atoms with Crippen LogP contribution in [0.2, 0.25) is 0 Å². The van der Waals surface area contributed by atoms with Crippen molar-refractivity contribution in [1.29, 1.82) is 0 Å². The molecule has 2 nitrogen and oxygen atoms in total.